The number of carbonyl (C=O) groups excluding carboxylic acids is 1. The number of aromatic nitrogens is 1. The molecule has 1 N–H and O–H groups in total. The Balaban J connectivity index is 2.23. The van der Waals surface area contributed by atoms with E-state index in [0.717, 1.165) is 17.7 Å². The van der Waals surface area contributed by atoms with E-state index < -0.39 is 31.9 Å². The van der Waals surface area contributed by atoms with Crippen molar-refractivity contribution in [3.8, 4) is 0 Å². The molecular formula is C19H21F3N2O2S. The average Bonchev–Trinajstić information content (AvgIpc) is 2.59. The monoisotopic (exact) mass is 398 g/mol. The molecule has 27 heavy (non-hydrogen) atoms. The highest BCUT2D eigenvalue weighted by Gasteiger charge is 2.34. The maximum absolute atomic E-state index is 13.2. The van der Waals surface area contributed by atoms with E-state index >= 15 is 0 Å². The minimum absolute atomic E-state index is 0.00574. The summed E-state index contributed by atoms with van der Waals surface area (Å²) < 4.78 is 51.0. The van der Waals surface area contributed by atoms with E-state index in [4.69, 9.17) is 0 Å². The molecule has 1 amide bonds. The minimum Gasteiger partial charge on any atom is -0.351 e. The number of alkyl halides is 3. The topological polar surface area (TPSA) is 59.1 Å². The molecule has 146 valence electrons. The number of pyridine rings is 1. The fourth-order valence-corrected chi connectivity index (χ4v) is 3.95. The van der Waals surface area contributed by atoms with Crippen LogP contribution in [-0.4, -0.2) is 32.3 Å². The van der Waals surface area contributed by atoms with Gasteiger partial charge in [0, 0.05) is 33.4 Å². The Kier molecular flexibility index (Phi) is 5.70. The van der Waals surface area contributed by atoms with Crippen LogP contribution in [0.4, 0.5) is 13.2 Å². The number of nitrogens with zero attached hydrogens (tertiary/aromatic N) is 1. The first-order chi connectivity index (χ1) is 12.3. The number of hydrogen-bond acceptors (Lipinski definition) is 3. The highest BCUT2D eigenvalue weighted by atomic mass is 32.2. The van der Waals surface area contributed by atoms with Crippen molar-refractivity contribution in [3.63, 3.8) is 0 Å². The van der Waals surface area contributed by atoms with Gasteiger partial charge in [-0.25, -0.2) is 0 Å². The van der Waals surface area contributed by atoms with Crippen molar-refractivity contribution in [1.29, 1.82) is 0 Å². The number of aryl methyl sites for hydroxylation is 1. The number of amides is 1. The van der Waals surface area contributed by atoms with Gasteiger partial charge in [-0.2, -0.15) is 13.2 Å². The Hall–Kier alpha value is -2.35. The lowest BCUT2D eigenvalue weighted by atomic mass is 10.2. The predicted octanol–water partition coefficient (Wildman–Crippen LogP) is 3.69. The van der Waals surface area contributed by atoms with Gasteiger partial charge in [-0.05, 0) is 56.5 Å². The minimum atomic E-state index is -4.54. The zero-order chi connectivity index (χ0) is 20.5. The van der Waals surface area contributed by atoms with Gasteiger partial charge in [0.15, 0.2) is 0 Å². The molecule has 1 atom stereocenters. The summed E-state index contributed by atoms with van der Waals surface area (Å²) in [7, 11) is -3.14. The largest absolute Gasteiger partial charge is 0.416 e. The molecule has 0 saturated carbocycles. The Morgan fingerprint density at radius 1 is 1.22 bits per heavy atom. The summed E-state index contributed by atoms with van der Waals surface area (Å²) in [5.74, 6) is 3.29. The van der Waals surface area contributed by atoms with E-state index in [1.807, 2.05) is 0 Å². The molecule has 0 radical (unpaired) electrons. The van der Waals surface area contributed by atoms with Crippen molar-refractivity contribution in [3.05, 3.63) is 59.4 Å². The summed E-state index contributed by atoms with van der Waals surface area (Å²) in [5, 5.41) is 2.67. The molecule has 0 aliphatic rings. The zero-order valence-corrected chi connectivity index (χ0v) is 16.1. The van der Waals surface area contributed by atoms with Crippen LogP contribution in [0.15, 0.2) is 47.6 Å². The van der Waals surface area contributed by atoms with Crippen LogP contribution in [0.1, 0.15) is 35.3 Å². The van der Waals surface area contributed by atoms with Gasteiger partial charge >= 0.3 is 6.18 Å². The predicted molar refractivity (Wildman–Crippen MR) is 100 cm³/mol. The van der Waals surface area contributed by atoms with Gasteiger partial charge in [0.1, 0.15) is 0 Å². The number of rotatable bonds is 5. The van der Waals surface area contributed by atoms with Gasteiger partial charge in [-0.15, -0.1) is 0 Å². The highest BCUT2D eigenvalue weighted by molar-refractivity contribution is 8.01. The van der Waals surface area contributed by atoms with E-state index in [1.54, 1.807) is 33.0 Å². The van der Waals surface area contributed by atoms with Gasteiger partial charge in [0.05, 0.1) is 15.9 Å². The lowest BCUT2D eigenvalue weighted by Crippen LogP contribution is -2.44. The standard InChI is InChI=1S/C19H21F3N2O2S/c1-13-8-14(11-23-10-13)17(25)24-12-18(2,3)27(4,26)16-7-5-6-15(9-16)19(20,21)22/h5-11H,4,12H2,1-3H3,(H,24,25). The van der Waals surface area contributed by atoms with Crippen molar-refractivity contribution in [2.24, 2.45) is 0 Å². The fraction of sp³-hybridized carbons (Fsp3) is 0.316. The van der Waals surface area contributed by atoms with Gasteiger partial charge in [-0.1, -0.05) is 6.07 Å². The molecule has 0 fully saturated rings. The quantitative estimate of drug-likeness (QED) is 0.782. The normalized spacial score (nSPS) is 14.4. The molecule has 1 aromatic carbocycles. The molecule has 0 saturated heterocycles. The van der Waals surface area contributed by atoms with Crippen LogP contribution in [0.2, 0.25) is 0 Å². The molecule has 0 aliphatic heterocycles. The molecule has 2 aromatic rings. The third-order valence-electron chi connectivity index (χ3n) is 4.25. The Bertz CT molecular complexity index is 951. The average molecular weight is 398 g/mol. The van der Waals surface area contributed by atoms with E-state index in [2.05, 4.69) is 16.2 Å². The first-order valence-electron chi connectivity index (χ1n) is 8.08. The van der Waals surface area contributed by atoms with Crippen molar-refractivity contribution in [2.45, 2.75) is 36.6 Å². The van der Waals surface area contributed by atoms with Crippen molar-refractivity contribution >= 4 is 21.3 Å². The summed E-state index contributed by atoms with van der Waals surface area (Å²) in [6.45, 7) is 4.96. The van der Waals surface area contributed by atoms with Crippen LogP contribution in [0.25, 0.3) is 0 Å². The van der Waals surface area contributed by atoms with E-state index in [0.29, 0.717) is 5.56 Å². The third kappa shape index (κ3) is 4.68. The molecule has 1 aromatic heterocycles. The first-order valence-corrected chi connectivity index (χ1v) is 9.81. The van der Waals surface area contributed by atoms with E-state index in [1.165, 1.54) is 18.3 Å². The SMILES string of the molecule is C=S(=O)(c1cccc(C(F)(F)F)c1)C(C)(C)CNC(=O)c1cncc(C)c1. The molecule has 0 aliphatic carbocycles. The molecule has 1 heterocycles. The van der Waals surface area contributed by atoms with Crippen LogP contribution in [0.5, 0.6) is 0 Å². The van der Waals surface area contributed by atoms with E-state index in [9.17, 15) is 22.2 Å². The maximum atomic E-state index is 13.2. The third-order valence-corrected chi connectivity index (χ3v) is 7.19. The van der Waals surface area contributed by atoms with Gasteiger partial charge in [-0.3, -0.25) is 14.0 Å². The highest BCUT2D eigenvalue weighted by Crippen LogP contribution is 2.33. The molecule has 4 nitrogen and oxygen atoms in total. The Morgan fingerprint density at radius 2 is 1.89 bits per heavy atom. The number of nitrogens with one attached hydrogen (secondary N) is 1. The van der Waals surface area contributed by atoms with Crippen molar-refractivity contribution < 1.29 is 22.2 Å². The van der Waals surface area contributed by atoms with Crippen LogP contribution < -0.4 is 5.32 Å². The van der Waals surface area contributed by atoms with Crippen molar-refractivity contribution in [2.75, 3.05) is 6.54 Å². The molecule has 2 rings (SSSR count). The molecule has 0 spiro atoms. The summed E-state index contributed by atoms with van der Waals surface area (Å²) in [4.78, 5) is 16.2. The summed E-state index contributed by atoms with van der Waals surface area (Å²) in [6, 6.07) is 5.99. The van der Waals surface area contributed by atoms with Crippen molar-refractivity contribution in [1.82, 2.24) is 10.3 Å². The smallest absolute Gasteiger partial charge is 0.351 e. The fourth-order valence-electron chi connectivity index (χ4n) is 2.39. The molecule has 8 heteroatoms. The van der Waals surface area contributed by atoms with E-state index in [-0.39, 0.29) is 11.4 Å². The summed E-state index contributed by atoms with van der Waals surface area (Å²) >= 11 is 0. The van der Waals surface area contributed by atoms with Gasteiger partial charge in [0.2, 0.25) is 0 Å². The molecule has 0 bridgehead atoms. The number of halogens is 3. The second-order valence-corrected chi connectivity index (χ2v) is 9.82. The van der Waals surface area contributed by atoms with Crippen LogP contribution in [-0.2, 0) is 15.7 Å². The summed E-state index contributed by atoms with van der Waals surface area (Å²) in [6.07, 6.45) is -1.52. The summed E-state index contributed by atoms with van der Waals surface area (Å²) in [5.41, 5.74) is 0.273. The number of hydrogen-bond donors (Lipinski definition) is 1. The van der Waals surface area contributed by atoms with Gasteiger partial charge in [0.25, 0.3) is 5.91 Å². The second-order valence-electron chi connectivity index (χ2n) is 6.89. The molecule has 1 unspecified atom stereocenters. The lowest BCUT2D eigenvalue weighted by molar-refractivity contribution is -0.137. The number of benzene rings is 1. The van der Waals surface area contributed by atoms with Gasteiger partial charge < -0.3 is 5.32 Å². The number of carbonyl (C=O) groups is 1. The maximum Gasteiger partial charge on any atom is 0.416 e. The first kappa shape index (κ1) is 21.0. The van der Waals surface area contributed by atoms with Crippen LogP contribution in [0, 0.1) is 6.92 Å². The Morgan fingerprint density at radius 3 is 2.48 bits per heavy atom. The molecular weight excluding hydrogens is 377 g/mol. The zero-order valence-electron chi connectivity index (χ0n) is 15.3. The van der Waals surface area contributed by atoms with Crippen LogP contribution >= 0.6 is 0 Å². The van der Waals surface area contributed by atoms with Crippen LogP contribution in [0.3, 0.4) is 0 Å². The Labute approximate surface area is 156 Å². The lowest BCUT2D eigenvalue weighted by Gasteiger charge is -2.30. The second kappa shape index (κ2) is 7.34.